The first-order valence-electron chi connectivity index (χ1n) is 5.95. The molecule has 0 fully saturated rings. The molecule has 3 N–H and O–H groups in total. The van der Waals surface area contributed by atoms with E-state index in [9.17, 15) is 0 Å². The first-order chi connectivity index (χ1) is 7.42. The summed E-state index contributed by atoms with van der Waals surface area (Å²) in [6, 6.07) is 8.93. The van der Waals surface area contributed by atoms with E-state index < -0.39 is 0 Å². The van der Waals surface area contributed by atoms with Crippen LogP contribution in [-0.2, 0) is 5.41 Å². The zero-order valence-corrected chi connectivity index (χ0v) is 10.9. The molecule has 0 spiro atoms. The van der Waals surface area contributed by atoms with E-state index in [1.54, 1.807) is 0 Å². The molecular formula is C14H24N2. The average Bonchev–Trinajstić information content (AvgIpc) is 2.16. The zero-order valence-electron chi connectivity index (χ0n) is 10.9. The van der Waals surface area contributed by atoms with Gasteiger partial charge in [-0.1, -0.05) is 43.7 Å². The molecule has 16 heavy (non-hydrogen) atoms. The van der Waals surface area contributed by atoms with Crippen LogP contribution in [0.1, 0.15) is 31.9 Å². The molecule has 0 saturated carbocycles. The van der Waals surface area contributed by atoms with E-state index >= 15 is 0 Å². The number of rotatable bonds is 5. The summed E-state index contributed by atoms with van der Waals surface area (Å²) in [5, 5.41) is 3.42. The average molecular weight is 220 g/mol. The molecule has 0 saturated heterocycles. The van der Waals surface area contributed by atoms with Crippen molar-refractivity contribution in [3.05, 3.63) is 35.4 Å². The molecule has 0 aliphatic rings. The maximum atomic E-state index is 5.72. The van der Waals surface area contributed by atoms with Gasteiger partial charge < -0.3 is 11.1 Å². The van der Waals surface area contributed by atoms with Gasteiger partial charge in [0, 0.05) is 24.5 Å². The minimum Gasteiger partial charge on any atom is -0.327 e. The second-order valence-corrected chi connectivity index (χ2v) is 5.36. The van der Waals surface area contributed by atoms with Gasteiger partial charge in [0.15, 0.2) is 0 Å². The van der Waals surface area contributed by atoms with E-state index in [4.69, 9.17) is 5.73 Å². The van der Waals surface area contributed by atoms with Crippen LogP contribution >= 0.6 is 0 Å². The third-order valence-corrected chi connectivity index (χ3v) is 2.83. The summed E-state index contributed by atoms with van der Waals surface area (Å²) in [4.78, 5) is 0. The third-order valence-electron chi connectivity index (χ3n) is 2.83. The lowest BCUT2D eigenvalue weighted by atomic mass is 9.84. The minimum absolute atomic E-state index is 0.154. The number of benzene rings is 1. The van der Waals surface area contributed by atoms with Crippen molar-refractivity contribution in [2.24, 2.45) is 5.73 Å². The first-order valence-corrected chi connectivity index (χ1v) is 5.95. The molecule has 1 atom stereocenters. The second-order valence-electron chi connectivity index (χ2n) is 5.36. The molecular weight excluding hydrogens is 196 g/mol. The predicted molar refractivity (Wildman–Crippen MR) is 70.7 cm³/mol. The first kappa shape index (κ1) is 13.2. The summed E-state index contributed by atoms with van der Waals surface area (Å²) in [5.74, 6) is 0. The molecule has 90 valence electrons. The van der Waals surface area contributed by atoms with Crippen molar-refractivity contribution in [1.82, 2.24) is 5.32 Å². The molecule has 2 nitrogen and oxygen atoms in total. The Morgan fingerprint density at radius 1 is 1.38 bits per heavy atom. The predicted octanol–water partition coefficient (Wildman–Crippen LogP) is 2.21. The van der Waals surface area contributed by atoms with Crippen LogP contribution in [0.15, 0.2) is 24.3 Å². The zero-order chi connectivity index (χ0) is 12.2. The molecule has 0 heterocycles. The Balaban J connectivity index is 2.62. The van der Waals surface area contributed by atoms with Crippen molar-refractivity contribution >= 4 is 0 Å². The Morgan fingerprint density at radius 3 is 2.62 bits per heavy atom. The Kier molecular flexibility index (Phi) is 4.51. The lowest BCUT2D eigenvalue weighted by Crippen LogP contribution is -2.38. The fraction of sp³-hybridized carbons (Fsp3) is 0.571. The lowest BCUT2D eigenvalue weighted by Gasteiger charge is -2.26. The molecule has 0 aromatic heterocycles. The highest BCUT2D eigenvalue weighted by molar-refractivity contribution is 5.28. The molecule has 0 aliphatic heterocycles. The monoisotopic (exact) mass is 220 g/mol. The normalized spacial score (nSPS) is 13.8. The van der Waals surface area contributed by atoms with Crippen molar-refractivity contribution in [2.75, 3.05) is 13.1 Å². The van der Waals surface area contributed by atoms with Crippen LogP contribution in [0.4, 0.5) is 0 Å². The summed E-state index contributed by atoms with van der Waals surface area (Å²) in [7, 11) is 0. The van der Waals surface area contributed by atoms with Gasteiger partial charge in [-0.25, -0.2) is 0 Å². The second kappa shape index (κ2) is 5.46. The molecule has 1 rings (SSSR count). The van der Waals surface area contributed by atoms with Gasteiger partial charge in [0.25, 0.3) is 0 Å². The molecule has 1 aromatic rings. The van der Waals surface area contributed by atoms with Crippen LogP contribution < -0.4 is 11.1 Å². The van der Waals surface area contributed by atoms with Crippen molar-refractivity contribution in [3.8, 4) is 0 Å². The number of aryl methyl sites for hydroxylation is 1. The van der Waals surface area contributed by atoms with Crippen LogP contribution in [0.5, 0.6) is 0 Å². The van der Waals surface area contributed by atoms with E-state index in [0.717, 1.165) is 13.1 Å². The van der Waals surface area contributed by atoms with Crippen molar-refractivity contribution in [1.29, 1.82) is 0 Å². The molecule has 0 amide bonds. The number of nitrogens with two attached hydrogens (primary N) is 1. The highest BCUT2D eigenvalue weighted by Gasteiger charge is 2.19. The maximum absolute atomic E-state index is 5.72. The lowest BCUT2D eigenvalue weighted by molar-refractivity contribution is 0.458. The van der Waals surface area contributed by atoms with Gasteiger partial charge in [0.2, 0.25) is 0 Å². The van der Waals surface area contributed by atoms with Crippen LogP contribution in [0.3, 0.4) is 0 Å². The summed E-state index contributed by atoms with van der Waals surface area (Å²) >= 11 is 0. The molecule has 0 aliphatic carbocycles. The number of nitrogens with one attached hydrogen (secondary N) is 1. The van der Waals surface area contributed by atoms with E-state index in [1.165, 1.54) is 11.1 Å². The van der Waals surface area contributed by atoms with Gasteiger partial charge >= 0.3 is 0 Å². The van der Waals surface area contributed by atoms with Crippen molar-refractivity contribution in [3.63, 3.8) is 0 Å². The molecule has 0 bridgehead atoms. The van der Waals surface area contributed by atoms with E-state index in [0.29, 0.717) is 0 Å². The van der Waals surface area contributed by atoms with Crippen LogP contribution in [-0.4, -0.2) is 19.1 Å². The van der Waals surface area contributed by atoms with Gasteiger partial charge in [-0.2, -0.15) is 0 Å². The SMILES string of the molecule is Cc1cccc(C(C)(C)CNCC(C)N)c1. The molecule has 1 unspecified atom stereocenters. The summed E-state index contributed by atoms with van der Waals surface area (Å²) < 4.78 is 0. The van der Waals surface area contributed by atoms with Crippen molar-refractivity contribution < 1.29 is 0 Å². The maximum Gasteiger partial charge on any atom is 0.0136 e. The minimum atomic E-state index is 0.154. The largest absolute Gasteiger partial charge is 0.327 e. The number of hydrogen-bond acceptors (Lipinski definition) is 2. The highest BCUT2D eigenvalue weighted by Crippen LogP contribution is 2.22. The quantitative estimate of drug-likeness (QED) is 0.798. The van der Waals surface area contributed by atoms with Gasteiger partial charge in [-0.05, 0) is 19.4 Å². The van der Waals surface area contributed by atoms with Crippen molar-refractivity contribution in [2.45, 2.75) is 39.2 Å². The standard InChI is InChI=1S/C14H24N2/c1-11-6-5-7-13(8-11)14(3,4)10-16-9-12(2)15/h5-8,12,16H,9-10,15H2,1-4H3. The third kappa shape index (κ3) is 3.95. The molecule has 2 heteroatoms. The highest BCUT2D eigenvalue weighted by atomic mass is 14.9. The van der Waals surface area contributed by atoms with Crippen LogP contribution in [0.2, 0.25) is 0 Å². The van der Waals surface area contributed by atoms with Gasteiger partial charge in [-0.3, -0.25) is 0 Å². The topological polar surface area (TPSA) is 38.0 Å². The summed E-state index contributed by atoms with van der Waals surface area (Å²) in [6.45, 7) is 10.5. The van der Waals surface area contributed by atoms with Gasteiger partial charge in [0.1, 0.15) is 0 Å². The fourth-order valence-electron chi connectivity index (χ4n) is 1.78. The molecule has 0 radical (unpaired) electrons. The van der Waals surface area contributed by atoms with Gasteiger partial charge in [0.05, 0.1) is 0 Å². The van der Waals surface area contributed by atoms with E-state index in [2.05, 4.69) is 50.4 Å². The van der Waals surface area contributed by atoms with E-state index in [-0.39, 0.29) is 11.5 Å². The number of hydrogen-bond donors (Lipinski definition) is 2. The summed E-state index contributed by atoms with van der Waals surface area (Å²) in [5.41, 5.74) is 8.57. The van der Waals surface area contributed by atoms with Crippen LogP contribution in [0, 0.1) is 6.92 Å². The molecule has 1 aromatic carbocycles. The van der Waals surface area contributed by atoms with E-state index in [1.807, 2.05) is 6.92 Å². The Bertz CT molecular complexity index is 329. The summed E-state index contributed by atoms with van der Waals surface area (Å²) in [6.07, 6.45) is 0. The Morgan fingerprint density at radius 2 is 2.06 bits per heavy atom. The van der Waals surface area contributed by atoms with Gasteiger partial charge in [-0.15, -0.1) is 0 Å². The Hall–Kier alpha value is -0.860. The fourth-order valence-corrected chi connectivity index (χ4v) is 1.78. The smallest absolute Gasteiger partial charge is 0.0136 e. The Labute approximate surface area is 99.2 Å². The van der Waals surface area contributed by atoms with Crippen LogP contribution in [0.25, 0.3) is 0 Å².